The van der Waals surface area contributed by atoms with Gasteiger partial charge in [0.25, 0.3) is 0 Å². The summed E-state index contributed by atoms with van der Waals surface area (Å²) in [6.07, 6.45) is 2.14. The molecular weight excluding hydrogens is 243 g/mol. The third kappa shape index (κ3) is 3.02. The smallest absolute Gasteiger partial charge is 0.861 e. The molecule has 0 radical (unpaired) electrons. The number of rotatable bonds is 3. The van der Waals surface area contributed by atoms with Gasteiger partial charge in [0.1, 0.15) is 0 Å². The molecule has 0 saturated carbocycles. The van der Waals surface area contributed by atoms with Gasteiger partial charge < -0.3 is 5.11 Å². The molecule has 1 aliphatic rings. The van der Waals surface area contributed by atoms with Crippen molar-refractivity contribution < 1.29 is 44.3 Å². The Kier molecular flexibility index (Phi) is 6.26. The first-order chi connectivity index (χ1) is 7.84. The molecule has 1 heterocycles. The predicted octanol–water partition coefficient (Wildman–Crippen LogP) is -2.00. The number of amides is 3. The van der Waals surface area contributed by atoms with Crippen molar-refractivity contribution in [2.24, 2.45) is 16.3 Å². The van der Waals surface area contributed by atoms with Crippen molar-refractivity contribution in [1.82, 2.24) is 5.32 Å². The van der Waals surface area contributed by atoms with Crippen molar-refractivity contribution in [1.29, 1.82) is 0 Å². The van der Waals surface area contributed by atoms with Gasteiger partial charge in [0, 0.05) is 0 Å². The van der Waals surface area contributed by atoms with Gasteiger partial charge in [0.2, 0.25) is 5.91 Å². The van der Waals surface area contributed by atoms with E-state index >= 15 is 0 Å². The number of nitrogens with zero attached hydrogens (tertiary/aromatic N) is 1. The van der Waals surface area contributed by atoms with Gasteiger partial charge in [-0.05, 0) is 32.1 Å². The van der Waals surface area contributed by atoms with Crippen LogP contribution in [0.4, 0.5) is 4.79 Å². The molecule has 1 rings (SSSR count). The number of nitrogens with one attached hydrogen (secondary N) is 1. The van der Waals surface area contributed by atoms with Crippen LogP contribution in [0, 0.1) is 11.3 Å². The van der Waals surface area contributed by atoms with Gasteiger partial charge in [-0.3, -0.25) is 10.1 Å². The summed E-state index contributed by atoms with van der Waals surface area (Å²) in [5.41, 5.74) is -0.323. The number of hydrogen-bond acceptors (Lipinski definition) is 3. The van der Waals surface area contributed by atoms with Crippen LogP contribution in [0.15, 0.2) is 16.6 Å². The summed E-state index contributed by atoms with van der Waals surface area (Å²) in [5.74, 6) is -1.40. The standard InChI is InChI=1S/C12H18N2O3.Na/c1-5-8(4)6-12(7(2)3)9(15)13-11(17)14-10(12)16;/h5,7H,6H2,1-4H3,(H2,13,14,15,16,17);/q;+1/p-1/b8-5+;. The van der Waals surface area contributed by atoms with E-state index in [-0.39, 0.29) is 35.5 Å². The fourth-order valence-corrected chi connectivity index (χ4v) is 1.94. The van der Waals surface area contributed by atoms with Crippen LogP contribution < -0.4 is 40.0 Å². The van der Waals surface area contributed by atoms with E-state index in [0.29, 0.717) is 6.42 Å². The quantitative estimate of drug-likeness (QED) is 0.470. The van der Waals surface area contributed by atoms with Crippen molar-refractivity contribution >= 4 is 17.8 Å². The van der Waals surface area contributed by atoms with E-state index in [9.17, 15) is 14.7 Å². The molecule has 1 N–H and O–H groups in total. The van der Waals surface area contributed by atoms with Gasteiger partial charge >= 0.3 is 35.6 Å². The Morgan fingerprint density at radius 1 is 1.50 bits per heavy atom. The van der Waals surface area contributed by atoms with Gasteiger partial charge in [-0.25, -0.2) is 9.79 Å². The van der Waals surface area contributed by atoms with Crippen LogP contribution in [0.25, 0.3) is 0 Å². The summed E-state index contributed by atoms with van der Waals surface area (Å²) in [4.78, 5) is 26.4. The van der Waals surface area contributed by atoms with E-state index in [1.54, 1.807) is 13.8 Å². The summed E-state index contributed by atoms with van der Waals surface area (Å²) >= 11 is 0. The van der Waals surface area contributed by atoms with E-state index < -0.39 is 23.3 Å². The van der Waals surface area contributed by atoms with Crippen LogP contribution in [0.2, 0.25) is 0 Å². The van der Waals surface area contributed by atoms with Crippen LogP contribution >= 0.6 is 0 Å². The Bertz CT molecular complexity index is 416. The largest absolute Gasteiger partial charge is 1.00 e. The third-order valence-electron chi connectivity index (χ3n) is 3.25. The Morgan fingerprint density at radius 2 is 2.06 bits per heavy atom. The Labute approximate surface area is 129 Å². The minimum Gasteiger partial charge on any atom is -0.861 e. The molecule has 1 atom stereocenters. The zero-order chi connectivity index (χ0) is 13.2. The van der Waals surface area contributed by atoms with Crippen LogP contribution in [-0.4, -0.2) is 17.8 Å². The zero-order valence-corrected chi connectivity index (χ0v) is 13.5. The van der Waals surface area contributed by atoms with E-state index in [1.165, 1.54) is 0 Å². The summed E-state index contributed by atoms with van der Waals surface area (Å²) in [6.45, 7) is 7.26. The molecule has 6 heteroatoms. The topological polar surface area (TPSA) is 81.6 Å². The minimum absolute atomic E-state index is 0. The number of imide groups is 1. The fraction of sp³-hybridized carbons (Fsp3) is 0.583. The Hall–Kier alpha value is -0.650. The average Bonchev–Trinajstić information content (AvgIpc) is 2.22. The molecule has 0 aromatic carbocycles. The first-order valence-electron chi connectivity index (χ1n) is 5.58. The first kappa shape index (κ1) is 17.4. The number of carbonyl (C=O) groups is 2. The zero-order valence-electron chi connectivity index (χ0n) is 11.5. The predicted molar refractivity (Wildman–Crippen MR) is 62.3 cm³/mol. The second-order valence-electron chi connectivity index (χ2n) is 4.61. The van der Waals surface area contributed by atoms with Gasteiger partial charge in [-0.15, -0.1) is 0 Å². The molecule has 0 aromatic rings. The van der Waals surface area contributed by atoms with Crippen molar-refractivity contribution in [2.75, 3.05) is 0 Å². The molecule has 18 heavy (non-hydrogen) atoms. The third-order valence-corrected chi connectivity index (χ3v) is 3.25. The normalized spacial score (nSPS) is 24.5. The maximum atomic E-state index is 12.0. The van der Waals surface area contributed by atoms with Gasteiger partial charge in [-0.1, -0.05) is 25.5 Å². The molecule has 0 fully saturated rings. The van der Waals surface area contributed by atoms with Gasteiger partial charge in [0.15, 0.2) is 0 Å². The van der Waals surface area contributed by atoms with Crippen LogP contribution in [0.5, 0.6) is 0 Å². The Morgan fingerprint density at radius 3 is 2.44 bits per heavy atom. The average molecular weight is 260 g/mol. The molecule has 0 spiro atoms. The second kappa shape index (κ2) is 6.50. The molecule has 94 valence electrons. The maximum absolute atomic E-state index is 12.0. The van der Waals surface area contributed by atoms with Crippen molar-refractivity contribution in [3.05, 3.63) is 11.6 Å². The summed E-state index contributed by atoms with van der Waals surface area (Å²) in [7, 11) is 0. The minimum atomic E-state index is -1.25. The first-order valence-corrected chi connectivity index (χ1v) is 5.58. The number of aliphatic imine (C=N–C) groups is 1. The van der Waals surface area contributed by atoms with Crippen molar-refractivity contribution in [2.45, 2.75) is 34.1 Å². The van der Waals surface area contributed by atoms with E-state index in [0.717, 1.165) is 5.57 Å². The summed E-state index contributed by atoms with van der Waals surface area (Å²) in [6, 6.07) is -0.866. The number of urea groups is 1. The summed E-state index contributed by atoms with van der Waals surface area (Å²) in [5, 5.41) is 14.1. The molecule has 5 nitrogen and oxygen atoms in total. The molecule has 1 unspecified atom stereocenters. The Balaban J connectivity index is 0.00000289. The molecular formula is C12H17N2NaO3. The second-order valence-corrected chi connectivity index (χ2v) is 4.61. The van der Waals surface area contributed by atoms with Gasteiger partial charge in [0.05, 0.1) is 5.41 Å². The van der Waals surface area contributed by atoms with Crippen LogP contribution in [-0.2, 0) is 4.79 Å². The monoisotopic (exact) mass is 260 g/mol. The molecule has 0 aliphatic carbocycles. The van der Waals surface area contributed by atoms with Crippen LogP contribution in [0.1, 0.15) is 34.1 Å². The summed E-state index contributed by atoms with van der Waals surface area (Å²) < 4.78 is 0. The SMILES string of the molecule is C/C=C(\C)CC1(C(C)C)C(=O)NC(=O)N=C1[O-].[Na+]. The van der Waals surface area contributed by atoms with Crippen molar-refractivity contribution in [3.63, 3.8) is 0 Å². The van der Waals surface area contributed by atoms with Gasteiger partial charge in [-0.2, -0.15) is 0 Å². The van der Waals surface area contributed by atoms with Crippen molar-refractivity contribution in [3.8, 4) is 0 Å². The molecule has 3 amide bonds. The van der Waals surface area contributed by atoms with Crippen LogP contribution in [0.3, 0.4) is 0 Å². The molecule has 0 bridgehead atoms. The molecule has 0 aromatic heterocycles. The van der Waals surface area contributed by atoms with E-state index in [4.69, 9.17) is 0 Å². The number of hydrogen-bond donors (Lipinski definition) is 1. The molecule has 0 saturated heterocycles. The molecule has 1 aliphatic heterocycles. The van der Waals surface area contributed by atoms with E-state index in [2.05, 4.69) is 10.3 Å². The maximum Gasteiger partial charge on any atom is 1.00 e. The number of carbonyl (C=O) groups excluding carboxylic acids is 2. The fourth-order valence-electron chi connectivity index (χ4n) is 1.94. The van der Waals surface area contributed by atoms with E-state index in [1.807, 2.05) is 19.9 Å². The number of allylic oxidation sites excluding steroid dienone is 2.